The molecule has 4 N–H and O–H groups in total. The predicted molar refractivity (Wildman–Crippen MR) is 91.1 cm³/mol. The van der Waals surface area contributed by atoms with Crippen molar-refractivity contribution in [2.75, 3.05) is 12.3 Å². The van der Waals surface area contributed by atoms with E-state index in [4.69, 9.17) is 15.0 Å². The van der Waals surface area contributed by atoms with Gasteiger partial charge in [-0.3, -0.25) is 14.0 Å². The smallest absolute Gasteiger partial charge is 0.388 e. The van der Waals surface area contributed by atoms with Crippen molar-refractivity contribution in [2.45, 2.75) is 24.9 Å². The number of nitrogens with two attached hydrogens (primary N) is 1. The molecule has 12 nitrogen and oxygen atoms in total. The zero-order chi connectivity index (χ0) is 19.2. The van der Waals surface area contributed by atoms with E-state index in [9.17, 15) is 14.6 Å². The number of aromatic nitrogens is 6. The van der Waals surface area contributed by atoms with E-state index in [1.165, 1.54) is 25.2 Å². The molecule has 0 aromatic carbocycles. The summed E-state index contributed by atoms with van der Waals surface area (Å²) in [4.78, 5) is 22.2. The van der Waals surface area contributed by atoms with Gasteiger partial charge < -0.3 is 15.6 Å². The number of nitrogen functional groups attached to an aromatic ring is 1. The van der Waals surface area contributed by atoms with Gasteiger partial charge in [-0.25, -0.2) is 24.1 Å². The molecular weight excluding hydrogens is 377 g/mol. The number of nitrogens with zero attached hydrogens (tertiary/aromatic N) is 6. The zero-order valence-corrected chi connectivity index (χ0v) is 15.3. The molecule has 3 aromatic heterocycles. The van der Waals surface area contributed by atoms with Crippen LogP contribution in [0.1, 0.15) is 12.6 Å². The average molecular weight is 396 g/mol. The van der Waals surface area contributed by atoms with Gasteiger partial charge in [-0.05, 0) is 0 Å². The van der Waals surface area contributed by atoms with Crippen molar-refractivity contribution < 1.29 is 28.4 Å². The van der Waals surface area contributed by atoms with Gasteiger partial charge in [0.15, 0.2) is 17.7 Å². The number of fused-ring (bicyclic) bond motifs is 1. The lowest BCUT2D eigenvalue weighted by atomic mass is 10.2. The number of aryl methyl sites for hydroxylation is 1. The van der Waals surface area contributed by atoms with E-state index in [1.807, 2.05) is 0 Å². The fourth-order valence-corrected chi connectivity index (χ4v) is 3.99. The van der Waals surface area contributed by atoms with Crippen LogP contribution in [0, 0.1) is 0 Å². The van der Waals surface area contributed by atoms with Crippen LogP contribution < -0.4 is 10.3 Å². The summed E-state index contributed by atoms with van der Waals surface area (Å²) in [6, 6.07) is 0. The maximum absolute atomic E-state index is 12.3. The summed E-state index contributed by atoms with van der Waals surface area (Å²) in [6.07, 6.45) is 5.29. The Morgan fingerprint density at radius 2 is 2.30 bits per heavy atom. The third-order valence-electron chi connectivity index (χ3n) is 4.30. The molecular formula is C14H19N7O5P+. The Hall–Kier alpha value is -2.37. The number of hydrogen-bond acceptors (Lipinski definition) is 8. The summed E-state index contributed by atoms with van der Waals surface area (Å²) < 4.78 is 27.6. The number of hydrogen-bond donors (Lipinski definition) is 3. The average Bonchev–Trinajstić information content (AvgIpc) is 3.32. The van der Waals surface area contributed by atoms with Crippen molar-refractivity contribution in [3.8, 4) is 0 Å². The van der Waals surface area contributed by atoms with Crippen molar-refractivity contribution in [2.24, 2.45) is 7.05 Å². The molecule has 0 amide bonds. The first-order valence-electron chi connectivity index (χ1n) is 8.13. The molecule has 0 radical (unpaired) electrons. The van der Waals surface area contributed by atoms with E-state index in [1.54, 1.807) is 22.4 Å². The Labute approximate surface area is 153 Å². The fourth-order valence-electron chi connectivity index (χ4n) is 2.98. The zero-order valence-electron chi connectivity index (χ0n) is 14.4. The molecule has 0 bridgehead atoms. The number of aliphatic hydroxyl groups excluding tert-OH is 1. The van der Waals surface area contributed by atoms with Crippen molar-refractivity contribution >= 4 is 24.7 Å². The summed E-state index contributed by atoms with van der Waals surface area (Å²) in [5, 5.41) is 10.4. The Kier molecular flexibility index (Phi) is 4.44. The van der Waals surface area contributed by atoms with Crippen molar-refractivity contribution in [3.63, 3.8) is 0 Å². The molecule has 1 saturated heterocycles. The molecule has 0 spiro atoms. The van der Waals surface area contributed by atoms with Crippen LogP contribution in [0.25, 0.3) is 11.2 Å². The van der Waals surface area contributed by atoms with E-state index in [0.717, 1.165) is 4.34 Å². The van der Waals surface area contributed by atoms with E-state index >= 15 is 0 Å². The second-order valence-electron chi connectivity index (χ2n) is 6.28. The fraction of sp³-hybridized carbons (Fsp3) is 0.429. The van der Waals surface area contributed by atoms with Crippen molar-refractivity contribution in [1.29, 1.82) is 0 Å². The normalized spacial score (nSPS) is 25.1. The Morgan fingerprint density at radius 3 is 3.04 bits per heavy atom. The van der Waals surface area contributed by atoms with E-state index < -0.39 is 26.2 Å². The highest BCUT2D eigenvalue weighted by atomic mass is 31.2. The van der Waals surface area contributed by atoms with Gasteiger partial charge in [0.2, 0.25) is 0 Å². The maximum atomic E-state index is 12.3. The van der Waals surface area contributed by atoms with Gasteiger partial charge in [0.05, 0.1) is 26.1 Å². The van der Waals surface area contributed by atoms with Gasteiger partial charge in [0, 0.05) is 6.42 Å². The summed E-state index contributed by atoms with van der Waals surface area (Å²) >= 11 is 0. The van der Waals surface area contributed by atoms with Crippen LogP contribution in [0.15, 0.2) is 31.4 Å². The number of ether oxygens (including phenoxy) is 1. The number of anilines is 1. The minimum atomic E-state index is -4.04. The summed E-state index contributed by atoms with van der Waals surface area (Å²) in [5.41, 5.74) is 6.61. The number of imidazole rings is 2. The lowest BCUT2D eigenvalue weighted by Crippen LogP contribution is -2.24. The Morgan fingerprint density at radius 1 is 1.48 bits per heavy atom. The third-order valence-corrected chi connectivity index (χ3v) is 5.61. The molecule has 1 fully saturated rings. The molecule has 4 rings (SSSR count). The van der Waals surface area contributed by atoms with E-state index in [-0.39, 0.29) is 18.8 Å². The molecule has 0 aliphatic carbocycles. The molecule has 27 heavy (non-hydrogen) atoms. The first-order chi connectivity index (χ1) is 12.8. The van der Waals surface area contributed by atoms with Gasteiger partial charge in [-0.1, -0.05) is 0 Å². The van der Waals surface area contributed by atoms with Crippen LogP contribution in [0.4, 0.5) is 5.82 Å². The predicted octanol–water partition coefficient (Wildman–Crippen LogP) is -0.652. The highest BCUT2D eigenvalue weighted by Gasteiger charge is 2.39. The first kappa shape index (κ1) is 18.0. The van der Waals surface area contributed by atoms with Crippen LogP contribution >= 0.6 is 7.75 Å². The summed E-state index contributed by atoms with van der Waals surface area (Å²) in [6.45, 7) is -0.160. The van der Waals surface area contributed by atoms with Crippen LogP contribution in [0.2, 0.25) is 0 Å². The van der Waals surface area contributed by atoms with Gasteiger partial charge >= 0.3 is 7.75 Å². The minimum Gasteiger partial charge on any atom is -0.388 e. The maximum Gasteiger partial charge on any atom is 0.525 e. The third kappa shape index (κ3) is 3.33. The van der Waals surface area contributed by atoms with Gasteiger partial charge in [-0.15, -0.1) is 4.34 Å². The first-order valence-corrected chi connectivity index (χ1v) is 9.66. The molecule has 0 saturated carbocycles. The monoisotopic (exact) mass is 396 g/mol. The molecule has 4 heterocycles. The molecule has 13 heteroatoms. The van der Waals surface area contributed by atoms with Crippen molar-refractivity contribution in [3.05, 3.63) is 31.4 Å². The molecule has 1 unspecified atom stereocenters. The topological polar surface area (TPSA) is 154 Å². The number of aliphatic hydroxyl groups is 1. The standard InChI is InChI=1S/C14H18N7O5P/c1-19-2-3-20(8-19)27(23,24)25-5-9-4-10(22)14(26-9)21-7-18-11-12(15)16-6-17-13(11)21/h2-3,6-10,14,22H,4-5H2,1H3,(H2-,15,16,17,23,24)/p+1/t9-,10+,14+/m0/s1. The molecule has 4 atom stereocenters. The lowest BCUT2D eigenvalue weighted by molar-refractivity contribution is -0.670. The second-order valence-corrected chi connectivity index (χ2v) is 7.98. The molecule has 144 valence electrons. The molecule has 1 aliphatic heterocycles. The lowest BCUT2D eigenvalue weighted by Gasteiger charge is -2.17. The van der Waals surface area contributed by atoms with Crippen LogP contribution in [-0.2, 0) is 20.9 Å². The molecule has 3 aromatic rings. The largest absolute Gasteiger partial charge is 0.525 e. The van der Waals surface area contributed by atoms with Crippen LogP contribution in [-0.4, -0.2) is 52.7 Å². The van der Waals surface area contributed by atoms with Crippen LogP contribution in [0.3, 0.4) is 0 Å². The summed E-state index contributed by atoms with van der Waals surface area (Å²) in [7, 11) is -2.32. The Bertz CT molecular complexity index is 1020. The van der Waals surface area contributed by atoms with Gasteiger partial charge in [0.1, 0.15) is 30.3 Å². The van der Waals surface area contributed by atoms with E-state index in [0.29, 0.717) is 11.2 Å². The van der Waals surface area contributed by atoms with Gasteiger partial charge in [-0.2, -0.15) is 0 Å². The van der Waals surface area contributed by atoms with Gasteiger partial charge in [0.25, 0.3) is 6.33 Å². The quantitative estimate of drug-likeness (QED) is 0.377. The SMILES string of the molecule is C[n+]1ccn(P(=O)(O)OC[C@@H]2C[C@@H](O)[C@H](n3cnc4c(N)ncnc43)O2)c1. The highest BCUT2D eigenvalue weighted by molar-refractivity contribution is 7.51. The minimum absolute atomic E-state index is 0.160. The number of rotatable bonds is 5. The molecule has 1 aliphatic rings. The van der Waals surface area contributed by atoms with Crippen molar-refractivity contribution in [1.82, 2.24) is 23.9 Å². The van der Waals surface area contributed by atoms with E-state index in [2.05, 4.69) is 15.0 Å². The van der Waals surface area contributed by atoms with Crippen LogP contribution in [0.5, 0.6) is 0 Å². The highest BCUT2D eigenvalue weighted by Crippen LogP contribution is 2.44. The summed E-state index contributed by atoms with van der Waals surface area (Å²) in [5.74, 6) is 0.229. The Balaban J connectivity index is 1.47. The second kappa shape index (κ2) is 6.66.